The molecule has 6 nitrogen and oxygen atoms in total. The highest BCUT2D eigenvalue weighted by molar-refractivity contribution is 5.82. The number of ketones is 1. The van der Waals surface area contributed by atoms with Crippen molar-refractivity contribution >= 4 is 17.7 Å². The van der Waals surface area contributed by atoms with Gasteiger partial charge in [-0.1, -0.05) is 43.7 Å². The van der Waals surface area contributed by atoms with E-state index in [0.29, 0.717) is 13.0 Å². The van der Waals surface area contributed by atoms with Crippen molar-refractivity contribution in [3.05, 3.63) is 35.9 Å². The molecule has 184 valence electrons. The van der Waals surface area contributed by atoms with Gasteiger partial charge in [-0.2, -0.15) is 0 Å². The fourth-order valence-corrected chi connectivity index (χ4v) is 5.03. The fraction of sp³-hybridized carbons (Fsp3) is 0.667. The van der Waals surface area contributed by atoms with E-state index in [0.717, 1.165) is 19.3 Å². The largest absolute Gasteiger partial charge is 0.459 e. The monoisotopic (exact) mass is 458 g/mol. The van der Waals surface area contributed by atoms with Gasteiger partial charge in [0.2, 0.25) is 5.91 Å². The lowest BCUT2D eigenvalue weighted by atomic mass is 9.83. The first kappa shape index (κ1) is 27.0. The summed E-state index contributed by atoms with van der Waals surface area (Å²) in [4.78, 5) is 39.7. The van der Waals surface area contributed by atoms with Crippen LogP contribution in [0.15, 0.2) is 30.3 Å². The molecule has 2 rings (SSSR count). The maximum absolute atomic E-state index is 13.3. The molecule has 1 saturated heterocycles. The molecule has 0 aromatic heterocycles. The quantitative estimate of drug-likeness (QED) is 0.533. The predicted molar refractivity (Wildman–Crippen MR) is 131 cm³/mol. The van der Waals surface area contributed by atoms with Crippen molar-refractivity contribution in [1.82, 2.24) is 10.2 Å². The summed E-state index contributed by atoms with van der Waals surface area (Å²) in [6, 6.07) is 9.67. The van der Waals surface area contributed by atoms with Gasteiger partial charge in [-0.15, -0.1) is 0 Å². The third-order valence-corrected chi connectivity index (χ3v) is 6.50. The van der Waals surface area contributed by atoms with Crippen molar-refractivity contribution < 1.29 is 19.1 Å². The highest BCUT2D eigenvalue weighted by Gasteiger charge is 2.46. The highest BCUT2D eigenvalue weighted by Crippen LogP contribution is 2.34. The van der Waals surface area contributed by atoms with E-state index < -0.39 is 11.6 Å². The average molecular weight is 459 g/mol. The van der Waals surface area contributed by atoms with Gasteiger partial charge in [-0.25, -0.2) is 0 Å². The van der Waals surface area contributed by atoms with Gasteiger partial charge >= 0.3 is 5.97 Å². The molecular formula is C27H42N2O4. The molecule has 5 atom stereocenters. The second-order valence-electron chi connectivity index (χ2n) is 10.5. The van der Waals surface area contributed by atoms with Crippen molar-refractivity contribution in [2.75, 3.05) is 6.54 Å². The summed E-state index contributed by atoms with van der Waals surface area (Å²) >= 11 is 0. The molecule has 1 fully saturated rings. The third kappa shape index (κ3) is 7.95. The van der Waals surface area contributed by atoms with E-state index in [4.69, 9.17) is 4.74 Å². The molecule has 1 heterocycles. The lowest BCUT2D eigenvalue weighted by Gasteiger charge is -2.41. The number of nitrogens with zero attached hydrogens (tertiary/aromatic N) is 1. The second kappa shape index (κ2) is 11.8. The van der Waals surface area contributed by atoms with Crippen molar-refractivity contribution in [1.29, 1.82) is 0 Å². The van der Waals surface area contributed by atoms with E-state index >= 15 is 0 Å². The maximum Gasteiger partial charge on any atom is 0.323 e. The Kier molecular flexibility index (Phi) is 9.65. The van der Waals surface area contributed by atoms with Crippen LogP contribution in [-0.2, 0) is 25.5 Å². The average Bonchev–Trinajstić information content (AvgIpc) is 3.15. The summed E-state index contributed by atoms with van der Waals surface area (Å²) in [5.41, 5.74) is 0.575. The molecule has 1 aliphatic heterocycles. The van der Waals surface area contributed by atoms with Crippen molar-refractivity contribution in [3.8, 4) is 0 Å². The molecule has 1 aromatic rings. The molecular weight excluding hydrogens is 416 g/mol. The molecule has 33 heavy (non-hydrogen) atoms. The minimum Gasteiger partial charge on any atom is -0.459 e. The summed E-state index contributed by atoms with van der Waals surface area (Å²) in [5.74, 6) is -0.305. The molecule has 1 amide bonds. The van der Waals surface area contributed by atoms with Crippen LogP contribution in [0, 0.1) is 11.8 Å². The minimum atomic E-state index is -0.599. The zero-order chi connectivity index (χ0) is 24.8. The normalized spacial score (nSPS) is 21.8. The number of esters is 1. The van der Waals surface area contributed by atoms with E-state index in [1.165, 1.54) is 12.5 Å². The SMILES string of the molecule is CCCC(C(C)NC(C)=O)C(Cc1ccccc1)N1CC(C(C)=O)CC1C(=O)OC(C)(C)C. The van der Waals surface area contributed by atoms with Gasteiger partial charge in [-0.05, 0) is 65.4 Å². The number of carbonyl (C=O) groups excluding carboxylic acids is 3. The zero-order valence-corrected chi connectivity index (χ0v) is 21.4. The number of carbonyl (C=O) groups is 3. The van der Waals surface area contributed by atoms with Crippen LogP contribution in [0.25, 0.3) is 0 Å². The van der Waals surface area contributed by atoms with Gasteiger partial charge in [0.25, 0.3) is 0 Å². The van der Waals surface area contributed by atoms with E-state index in [-0.39, 0.29) is 41.6 Å². The Labute approximate surface area is 199 Å². The molecule has 5 unspecified atom stereocenters. The Bertz CT molecular complexity index is 802. The van der Waals surface area contributed by atoms with E-state index in [1.807, 2.05) is 45.9 Å². The van der Waals surface area contributed by atoms with Gasteiger partial charge in [0.1, 0.15) is 17.4 Å². The molecule has 0 spiro atoms. The number of rotatable bonds is 10. The maximum atomic E-state index is 13.3. The Morgan fingerprint density at radius 2 is 1.79 bits per heavy atom. The van der Waals surface area contributed by atoms with Crippen LogP contribution in [-0.4, -0.2) is 52.8 Å². The van der Waals surface area contributed by atoms with Gasteiger partial charge in [0.05, 0.1) is 0 Å². The van der Waals surface area contributed by atoms with Gasteiger partial charge in [0.15, 0.2) is 0 Å². The molecule has 1 aliphatic rings. The highest BCUT2D eigenvalue weighted by atomic mass is 16.6. The van der Waals surface area contributed by atoms with Crippen LogP contribution >= 0.6 is 0 Å². The fourth-order valence-electron chi connectivity index (χ4n) is 5.03. The Morgan fingerprint density at radius 1 is 1.15 bits per heavy atom. The van der Waals surface area contributed by atoms with Gasteiger partial charge in [-0.3, -0.25) is 19.3 Å². The van der Waals surface area contributed by atoms with Gasteiger partial charge < -0.3 is 10.1 Å². The number of Topliss-reactive ketones (excluding diaryl/α,β-unsaturated/α-hetero) is 1. The number of hydrogen-bond donors (Lipinski definition) is 1. The van der Waals surface area contributed by atoms with Crippen molar-refractivity contribution in [2.24, 2.45) is 11.8 Å². The van der Waals surface area contributed by atoms with Crippen LogP contribution in [0.4, 0.5) is 0 Å². The third-order valence-electron chi connectivity index (χ3n) is 6.50. The first-order valence-corrected chi connectivity index (χ1v) is 12.2. The first-order chi connectivity index (χ1) is 15.4. The van der Waals surface area contributed by atoms with E-state index in [2.05, 4.69) is 29.3 Å². The Hall–Kier alpha value is -2.21. The van der Waals surface area contributed by atoms with Crippen LogP contribution in [0.5, 0.6) is 0 Å². The standard InChI is InChI=1S/C27H42N2O4/c1-8-12-23(18(2)28-20(4)31)24(15-21-13-10-9-11-14-21)29-17-22(19(3)30)16-25(29)26(32)33-27(5,6)7/h9-11,13-14,18,22-25H,8,12,15-17H2,1-7H3,(H,28,31). The van der Waals surface area contributed by atoms with Gasteiger partial charge in [0, 0.05) is 31.5 Å². The summed E-state index contributed by atoms with van der Waals surface area (Å²) in [7, 11) is 0. The number of benzene rings is 1. The summed E-state index contributed by atoms with van der Waals surface area (Å²) < 4.78 is 5.78. The number of amides is 1. The topological polar surface area (TPSA) is 75.7 Å². The van der Waals surface area contributed by atoms with E-state index in [1.54, 1.807) is 6.92 Å². The smallest absolute Gasteiger partial charge is 0.323 e. The van der Waals surface area contributed by atoms with Crippen LogP contribution in [0.3, 0.4) is 0 Å². The summed E-state index contributed by atoms with van der Waals surface area (Å²) in [5, 5.41) is 3.08. The number of hydrogen-bond acceptors (Lipinski definition) is 5. The molecule has 0 saturated carbocycles. The van der Waals surface area contributed by atoms with E-state index in [9.17, 15) is 14.4 Å². The predicted octanol–water partition coefficient (Wildman–Crippen LogP) is 4.16. The molecule has 0 aliphatic carbocycles. The zero-order valence-electron chi connectivity index (χ0n) is 21.4. The van der Waals surface area contributed by atoms with Crippen molar-refractivity contribution in [3.63, 3.8) is 0 Å². The molecule has 1 aromatic carbocycles. The first-order valence-electron chi connectivity index (χ1n) is 12.2. The Morgan fingerprint density at radius 3 is 2.30 bits per heavy atom. The lowest BCUT2D eigenvalue weighted by Crippen LogP contribution is -2.54. The number of likely N-dealkylation sites (tertiary alicyclic amines) is 1. The van der Waals surface area contributed by atoms with Crippen molar-refractivity contribution in [2.45, 2.75) is 97.9 Å². The molecule has 6 heteroatoms. The number of nitrogens with one attached hydrogen (secondary N) is 1. The summed E-state index contributed by atoms with van der Waals surface area (Å²) in [6.07, 6.45) is 3.07. The number of ether oxygens (including phenoxy) is 1. The lowest BCUT2D eigenvalue weighted by molar-refractivity contribution is -0.161. The van der Waals surface area contributed by atoms with Crippen LogP contribution < -0.4 is 5.32 Å². The molecule has 0 bridgehead atoms. The summed E-state index contributed by atoms with van der Waals surface area (Å²) in [6.45, 7) is 13.5. The molecule has 0 radical (unpaired) electrons. The van der Waals surface area contributed by atoms with Crippen LogP contribution in [0.2, 0.25) is 0 Å². The molecule has 1 N–H and O–H groups in total. The second-order valence-corrected chi connectivity index (χ2v) is 10.5. The van der Waals surface area contributed by atoms with Crippen LogP contribution in [0.1, 0.15) is 73.3 Å². The Balaban J connectivity index is 2.48. The minimum absolute atomic E-state index is 0.0175.